The van der Waals surface area contributed by atoms with Gasteiger partial charge in [0.15, 0.2) is 0 Å². The van der Waals surface area contributed by atoms with Gasteiger partial charge in [-0.1, -0.05) is 5.92 Å². The summed E-state index contributed by atoms with van der Waals surface area (Å²) in [6.45, 7) is 5.34. The van der Waals surface area contributed by atoms with Crippen molar-refractivity contribution in [3.63, 3.8) is 0 Å². The van der Waals surface area contributed by atoms with Gasteiger partial charge < -0.3 is 9.53 Å². The molecule has 0 aromatic carbocycles. The van der Waals surface area contributed by atoms with Gasteiger partial charge in [0.2, 0.25) is 0 Å². The van der Waals surface area contributed by atoms with E-state index in [2.05, 4.69) is 12.0 Å². The molecule has 0 saturated carbocycles. The molecule has 0 bridgehead atoms. The first kappa shape index (κ1) is 9.03. The number of carbonyl (C=O) groups is 1. The van der Waals surface area contributed by atoms with E-state index < -0.39 is 5.60 Å². The molecule has 56 valence electrons. The molecular formula is C8H12O2. The Kier molecular flexibility index (Phi) is 3.56. The van der Waals surface area contributed by atoms with E-state index in [1.807, 2.05) is 13.8 Å². The van der Waals surface area contributed by atoms with E-state index in [-0.39, 0.29) is 0 Å². The fraction of sp³-hybridized carbons (Fsp3) is 0.625. The van der Waals surface area contributed by atoms with Crippen LogP contribution in [0.15, 0.2) is 0 Å². The molecule has 2 nitrogen and oxygen atoms in total. The third-order valence-electron chi connectivity index (χ3n) is 1.00. The van der Waals surface area contributed by atoms with Gasteiger partial charge in [-0.3, -0.25) is 0 Å². The molecule has 0 aliphatic heterocycles. The van der Waals surface area contributed by atoms with Crippen LogP contribution < -0.4 is 0 Å². The van der Waals surface area contributed by atoms with Crippen LogP contribution in [0.4, 0.5) is 0 Å². The fourth-order valence-electron chi connectivity index (χ4n) is 0.432. The highest BCUT2D eigenvalue weighted by molar-refractivity contribution is 5.51. The van der Waals surface area contributed by atoms with E-state index in [1.165, 1.54) is 0 Å². The normalized spacial score (nSPS) is 9.50. The molecule has 2 heteroatoms. The van der Waals surface area contributed by atoms with Crippen LogP contribution >= 0.6 is 0 Å². The summed E-state index contributed by atoms with van der Waals surface area (Å²) in [6.07, 6.45) is 3.67. The number of aldehydes is 1. The lowest BCUT2D eigenvalue weighted by molar-refractivity contribution is -0.111. The Hall–Kier alpha value is -0.970. The van der Waals surface area contributed by atoms with E-state index in [0.29, 0.717) is 6.42 Å². The van der Waals surface area contributed by atoms with Crippen molar-refractivity contribution in [2.24, 2.45) is 0 Å². The zero-order valence-electron chi connectivity index (χ0n) is 6.60. The number of hydrogen-bond acceptors (Lipinski definition) is 2. The summed E-state index contributed by atoms with van der Waals surface area (Å²) < 4.78 is 5.03. The Balaban J connectivity index is 3.81. The van der Waals surface area contributed by atoms with Gasteiger partial charge in [0.25, 0.3) is 0 Å². The van der Waals surface area contributed by atoms with Gasteiger partial charge >= 0.3 is 0 Å². The van der Waals surface area contributed by atoms with Crippen molar-refractivity contribution >= 4 is 6.29 Å². The quantitative estimate of drug-likeness (QED) is 0.437. The molecule has 10 heavy (non-hydrogen) atoms. The zero-order chi connectivity index (χ0) is 8.04. The van der Waals surface area contributed by atoms with Crippen molar-refractivity contribution in [2.45, 2.75) is 32.8 Å². The summed E-state index contributed by atoms with van der Waals surface area (Å²) in [4.78, 5) is 10.1. The number of carbonyl (C=O) groups excluding carboxylic acids is 1. The second-order valence-corrected chi connectivity index (χ2v) is 2.58. The number of ether oxygens (including phenoxy) is 1. The van der Waals surface area contributed by atoms with Crippen LogP contribution in [0.3, 0.4) is 0 Å². The lowest BCUT2D eigenvalue weighted by Gasteiger charge is -2.18. The standard InChI is InChI=1S/C8H12O2/c1-4-7-10-8(2,3)5-6-9/h6H,5H2,1-3H3. The summed E-state index contributed by atoms with van der Waals surface area (Å²) >= 11 is 0. The summed E-state index contributed by atoms with van der Waals surface area (Å²) in [5.41, 5.74) is -0.440. The van der Waals surface area contributed by atoms with Gasteiger partial charge in [0, 0.05) is 13.3 Å². The second kappa shape index (κ2) is 3.94. The molecule has 0 heterocycles. The Labute approximate surface area is 61.6 Å². The van der Waals surface area contributed by atoms with Crippen molar-refractivity contribution in [2.75, 3.05) is 0 Å². The monoisotopic (exact) mass is 140 g/mol. The molecule has 0 saturated heterocycles. The molecule has 0 rings (SSSR count). The maximum absolute atomic E-state index is 10.1. The highest BCUT2D eigenvalue weighted by Crippen LogP contribution is 2.10. The van der Waals surface area contributed by atoms with Crippen molar-refractivity contribution in [3.05, 3.63) is 0 Å². The van der Waals surface area contributed by atoms with Crippen LogP contribution in [-0.2, 0) is 9.53 Å². The average molecular weight is 140 g/mol. The van der Waals surface area contributed by atoms with E-state index in [1.54, 1.807) is 6.92 Å². The predicted octanol–water partition coefficient (Wildman–Crippen LogP) is 1.35. The summed E-state index contributed by atoms with van der Waals surface area (Å²) in [5, 5.41) is 0. The molecule has 0 aliphatic carbocycles. The molecule has 0 radical (unpaired) electrons. The third kappa shape index (κ3) is 3.96. The molecule has 0 amide bonds. The molecule has 0 unspecified atom stereocenters. The van der Waals surface area contributed by atoms with E-state index in [4.69, 9.17) is 4.74 Å². The van der Waals surface area contributed by atoms with Gasteiger partial charge in [-0.25, -0.2) is 0 Å². The molecule has 0 aromatic rings. The van der Waals surface area contributed by atoms with Gasteiger partial charge in [0.1, 0.15) is 18.0 Å². The summed E-state index contributed by atoms with van der Waals surface area (Å²) in [6, 6.07) is 0. The van der Waals surface area contributed by atoms with E-state index in [9.17, 15) is 4.79 Å². The van der Waals surface area contributed by atoms with Gasteiger partial charge in [-0.15, -0.1) is 0 Å². The molecule has 0 aromatic heterocycles. The fourth-order valence-corrected chi connectivity index (χ4v) is 0.432. The first-order chi connectivity index (χ1) is 4.62. The SMILES string of the molecule is CC#COC(C)(C)CC=O. The first-order valence-corrected chi connectivity index (χ1v) is 3.16. The highest BCUT2D eigenvalue weighted by atomic mass is 16.5. The number of hydrogen-bond donors (Lipinski definition) is 0. The zero-order valence-corrected chi connectivity index (χ0v) is 6.60. The van der Waals surface area contributed by atoms with Crippen molar-refractivity contribution in [1.82, 2.24) is 0 Å². The Morgan fingerprint density at radius 2 is 2.20 bits per heavy atom. The maximum Gasteiger partial charge on any atom is 0.123 e. The first-order valence-electron chi connectivity index (χ1n) is 3.16. The number of rotatable bonds is 3. The van der Waals surface area contributed by atoms with Gasteiger partial charge in [-0.05, 0) is 13.8 Å². The maximum atomic E-state index is 10.1. The van der Waals surface area contributed by atoms with Crippen LogP contribution in [0, 0.1) is 12.0 Å². The molecular weight excluding hydrogens is 128 g/mol. The van der Waals surface area contributed by atoms with Crippen molar-refractivity contribution in [1.29, 1.82) is 0 Å². The minimum absolute atomic E-state index is 0.377. The van der Waals surface area contributed by atoms with Crippen LogP contribution in [0.1, 0.15) is 27.2 Å². The van der Waals surface area contributed by atoms with Gasteiger partial charge in [-0.2, -0.15) is 0 Å². The third-order valence-corrected chi connectivity index (χ3v) is 1.00. The van der Waals surface area contributed by atoms with Crippen LogP contribution in [0.25, 0.3) is 0 Å². The Morgan fingerprint density at radius 1 is 1.60 bits per heavy atom. The van der Waals surface area contributed by atoms with Crippen LogP contribution in [0.2, 0.25) is 0 Å². The average Bonchev–Trinajstić information content (AvgIpc) is 1.84. The van der Waals surface area contributed by atoms with Gasteiger partial charge in [0.05, 0.1) is 0 Å². The minimum atomic E-state index is -0.440. The Bertz CT molecular complexity index is 160. The van der Waals surface area contributed by atoms with Crippen molar-refractivity contribution < 1.29 is 9.53 Å². The Morgan fingerprint density at radius 3 is 2.60 bits per heavy atom. The summed E-state index contributed by atoms with van der Waals surface area (Å²) in [7, 11) is 0. The smallest absolute Gasteiger partial charge is 0.123 e. The molecule has 0 fully saturated rings. The van der Waals surface area contributed by atoms with E-state index in [0.717, 1.165) is 6.29 Å². The predicted molar refractivity (Wildman–Crippen MR) is 39.3 cm³/mol. The second-order valence-electron chi connectivity index (χ2n) is 2.58. The lowest BCUT2D eigenvalue weighted by atomic mass is 10.1. The van der Waals surface area contributed by atoms with Crippen LogP contribution in [-0.4, -0.2) is 11.9 Å². The van der Waals surface area contributed by atoms with Crippen molar-refractivity contribution in [3.8, 4) is 12.0 Å². The molecule has 0 spiro atoms. The minimum Gasteiger partial charge on any atom is -0.440 e. The largest absolute Gasteiger partial charge is 0.440 e. The summed E-state index contributed by atoms with van der Waals surface area (Å²) in [5.74, 6) is 2.59. The van der Waals surface area contributed by atoms with Crippen LogP contribution in [0.5, 0.6) is 0 Å². The molecule has 0 atom stereocenters. The lowest BCUT2D eigenvalue weighted by Crippen LogP contribution is -2.22. The van der Waals surface area contributed by atoms with E-state index >= 15 is 0 Å². The highest BCUT2D eigenvalue weighted by Gasteiger charge is 2.16. The molecule has 0 aliphatic rings. The molecule has 0 N–H and O–H groups in total. The topological polar surface area (TPSA) is 26.3 Å².